The zero-order valence-electron chi connectivity index (χ0n) is 9.82. The van der Waals surface area contributed by atoms with Gasteiger partial charge in [0, 0.05) is 18.7 Å². The first kappa shape index (κ1) is 12.5. The van der Waals surface area contributed by atoms with E-state index < -0.39 is 0 Å². The smallest absolute Gasteiger partial charge is 0.251 e. The van der Waals surface area contributed by atoms with E-state index in [4.69, 9.17) is 9.47 Å². The van der Waals surface area contributed by atoms with Crippen molar-refractivity contribution in [1.82, 2.24) is 5.32 Å². The van der Waals surface area contributed by atoms with Crippen molar-refractivity contribution in [2.75, 3.05) is 20.8 Å². The summed E-state index contributed by atoms with van der Waals surface area (Å²) in [6.45, 7) is 2.39. The van der Waals surface area contributed by atoms with Gasteiger partial charge in [0.25, 0.3) is 5.91 Å². The Kier molecular flexibility index (Phi) is 4.79. The van der Waals surface area contributed by atoms with E-state index in [1.807, 2.05) is 6.92 Å². The van der Waals surface area contributed by atoms with Gasteiger partial charge in [0.2, 0.25) is 0 Å². The van der Waals surface area contributed by atoms with Crippen molar-refractivity contribution in [3.05, 3.63) is 29.8 Å². The van der Waals surface area contributed by atoms with Gasteiger partial charge in [-0.2, -0.15) is 0 Å². The van der Waals surface area contributed by atoms with Crippen molar-refractivity contribution in [3.8, 4) is 5.75 Å². The summed E-state index contributed by atoms with van der Waals surface area (Å²) in [5.74, 6) is 0.551. The number of rotatable bonds is 5. The number of carbonyl (C=O) groups is 1. The second-order valence-corrected chi connectivity index (χ2v) is 3.56. The summed E-state index contributed by atoms with van der Waals surface area (Å²) in [5.41, 5.74) is 0.585. The molecule has 0 aliphatic carbocycles. The normalized spacial score (nSPS) is 11.9. The van der Waals surface area contributed by atoms with Crippen molar-refractivity contribution >= 4 is 5.91 Å². The first-order chi connectivity index (χ1) is 7.67. The van der Waals surface area contributed by atoms with Crippen LogP contribution in [0.1, 0.15) is 17.3 Å². The second kappa shape index (κ2) is 6.12. The highest BCUT2D eigenvalue weighted by molar-refractivity contribution is 5.94. The minimum atomic E-state index is -0.122. The van der Waals surface area contributed by atoms with Crippen molar-refractivity contribution in [2.24, 2.45) is 0 Å². The molecule has 1 atom stereocenters. The van der Waals surface area contributed by atoms with E-state index in [2.05, 4.69) is 5.32 Å². The third-order valence-electron chi connectivity index (χ3n) is 2.13. The molecular weight excluding hydrogens is 206 g/mol. The van der Waals surface area contributed by atoms with Gasteiger partial charge >= 0.3 is 0 Å². The molecule has 0 saturated carbocycles. The average molecular weight is 223 g/mol. The van der Waals surface area contributed by atoms with Crippen LogP contribution in [-0.4, -0.2) is 32.8 Å². The lowest BCUT2D eigenvalue weighted by Crippen LogP contribution is -2.35. The summed E-state index contributed by atoms with van der Waals surface area (Å²) in [6.07, 6.45) is 0. The maximum Gasteiger partial charge on any atom is 0.251 e. The van der Waals surface area contributed by atoms with Crippen LogP contribution < -0.4 is 10.1 Å². The average Bonchev–Trinajstić information content (AvgIpc) is 2.29. The Morgan fingerprint density at radius 2 is 2.19 bits per heavy atom. The number of nitrogens with one attached hydrogen (secondary N) is 1. The molecule has 1 aromatic carbocycles. The molecule has 1 aromatic rings. The molecule has 0 aromatic heterocycles. The van der Waals surface area contributed by atoms with Gasteiger partial charge < -0.3 is 14.8 Å². The summed E-state index contributed by atoms with van der Waals surface area (Å²) >= 11 is 0. The molecule has 4 heteroatoms. The van der Waals surface area contributed by atoms with E-state index in [9.17, 15) is 4.79 Å². The third kappa shape index (κ3) is 3.55. The summed E-state index contributed by atoms with van der Waals surface area (Å²) in [7, 11) is 3.18. The predicted molar refractivity (Wildman–Crippen MR) is 61.8 cm³/mol. The second-order valence-electron chi connectivity index (χ2n) is 3.56. The Balaban J connectivity index is 2.65. The van der Waals surface area contributed by atoms with Crippen LogP contribution >= 0.6 is 0 Å². The maximum atomic E-state index is 11.8. The van der Waals surface area contributed by atoms with Gasteiger partial charge in [-0.05, 0) is 25.1 Å². The minimum absolute atomic E-state index is 0.0105. The molecule has 1 amide bonds. The molecule has 0 saturated heterocycles. The Bertz CT molecular complexity index is 352. The minimum Gasteiger partial charge on any atom is -0.497 e. The van der Waals surface area contributed by atoms with Crippen LogP contribution in [0.5, 0.6) is 5.75 Å². The van der Waals surface area contributed by atoms with E-state index in [1.54, 1.807) is 38.5 Å². The van der Waals surface area contributed by atoms with E-state index in [1.165, 1.54) is 0 Å². The van der Waals surface area contributed by atoms with Crippen molar-refractivity contribution in [2.45, 2.75) is 13.0 Å². The maximum absolute atomic E-state index is 11.8. The molecule has 0 spiro atoms. The van der Waals surface area contributed by atoms with Gasteiger partial charge in [0.1, 0.15) is 5.75 Å². The third-order valence-corrected chi connectivity index (χ3v) is 2.13. The van der Waals surface area contributed by atoms with Crippen LogP contribution in [0, 0.1) is 0 Å². The fraction of sp³-hybridized carbons (Fsp3) is 0.417. The Morgan fingerprint density at radius 3 is 2.81 bits per heavy atom. The van der Waals surface area contributed by atoms with Gasteiger partial charge in [-0.3, -0.25) is 4.79 Å². The van der Waals surface area contributed by atoms with Crippen LogP contribution in [0.4, 0.5) is 0 Å². The molecule has 4 nitrogen and oxygen atoms in total. The monoisotopic (exact) mass is 223 g/mol. The first-order valence-corrected chi connectivity index (χ1v) is 5.11. The van der Waals surface area contributed by atoms with Crippen molar-refractivity contribution in [1.29, 1.82) is 0 Å². The largest absolute Gasteiger partial charge is 0.497 e. The Morgan fingerprint density at radius 1 is 1.44 bits per heavy atom. The number of benzene rings is 1. The molecule has 0 bridgehead atoms. The summed E-state index contributed by atoms with van der Waals surface area (Å²) < 4.78 is 10.00. The zero-order valence-corrected chi connectivity index (χ0v) is 9.82. The van der Waals surface area contributed by atoms with Crippen LogP contribution in [0.2, 0.25) is 0 Å². The molecule has 0 radical (unpaired) electrons. The first-order valence-electron chi connectivity index (χ1n) is 5.11. The van der Waals surface area contributed by atoms with E-state index in [-0.39, 0.29) is 11.9 Å². The van der Waals surface area contributed by atoms with Gasteiger partial charge in [0.15, 0.2) is 0 Å². The van der Waals surface area contributed by atoms with Crippen LogP contribution in [-0.2, 0) is 4.74 Å². The van der Waals surface area contributed by atoms with Gasteiger partial charge in [-0.1, -0.05) is 6.07 Å². The van der Waals surface area contributed by atoms with Crippen molar-refractivity contribution in [3.63, 3.8) is 0 Å². The lowest BCUT2D eigenvalue weighted by Gasteiger charge is -2.12. The number of amides is 1. The molecule has 1 N–H and O–H groups in total. The van der Waals surface area contributed by atoms with E-state index in [0.717, 1.165) is 0 Å². The predicted octanol–water partition coefficient (Wildman–Crippen LogP) is 1.46. The summed E-state index contributed by atoms with van der Waals surface area (Å²) in [4.78, 5) is 11.8. The molecule has 0 unspecified atom stereocenters. The molecule has 0 heterocycles. The topological polar surface area (TPSA) is 47.6 Å². The number of carbonyl (C=O) groups excluding carboxylic acids is 1. The fourth-order valence-electron chi connectivity index (χ4n) is 1.36. The molecular formula is C12H17NO3. The lowest BCUT2D eigenvalue weighted by atomic mass is 10.2. The van der Waals surface area contributed by atoms with Crippen LogP contribution in [0.15, 0.2) is 24.3 Å². The number of methoxy groups -OCH3 is 2. The summed E-state index contributed by atoms with van der Waals surface area (Å²) in [6, 6.07) is 7.03. The van der Waals surface area contributed by atoms with Gasteiger partial charge in [-0.25, -0.2) is 0 Å². The number of hydrogen-bond acceptors (Lipinski definition) is 3. The number of ether oxygens (including phenoxy) is 2. The van der Waals surface area contributed by atoms with Crippen LogP contribution in [0.3, 0.4) is 0 Å². The molecule has 88 valence electrons. The molecule has 16 heavy (non-hydrogen) atoms. The fourth-order valence-corrected chi connectivity index (χ4v) is 1.36. The Hall–Kier alpha value is -1.55. The number of hydrogen-bond donors (Lipinski definition) is 1. The highest BCUT2D eigenvalue weighted by atomic mass is 16.5. The molecule has 1 rings (SSSR count). The standard InChI is InChI=1S/C12H17NO3/c1-9(8-15-2)13-12(14)10-5-4-6-11(7-10)16-3/h4-7,9H,8H2,1-3H3,(H,13,14)/t9-/m1/s1. The lowest BCUT2D eigenvalue weighted by molar-refractivity contribution is 0.0905. The van der Waals surface area contributed by atoms with Gasteiger partial charge in [-0.15, -0.1) is 0 Å². The quantitative estimate of drug-likeness (QED) is 0.822. The zero-order chi connectivity index (χ0) is 12.0. The highest BCUT2D eigenvalue weighted by Crippen LogP contribution is 2.12. The molecule has 0 aliphatic rings. The van der Waals surface area contributed by atoms with Crippen LogP contribution in [0.25, 0.3) is 0 Å². The summed E-state index contributed by atoms with van der Waals surface area (Å²) in [5, 5.41) is 2.83. The van der Waals surface area contributed by atoms with E-state index in [0.29, 0.717) is 17.9 Å². The van der Waals surface area contributed by atoms with Gasteiger partial charge in [0.05, 0.1) is 13.7 Å². The van der Waals surface area contributed by atoms with E-state index >= 15 is 0 Å². The van der Waals surface area contributed by atoms with Crippen molar-refractivity contribution < 1.29 is 14.3 Å². The SMILES string of the molecule is COC[C@@H](C)NC(=O)c1cccc(OC)c1. The molecule has 0 aliphatic heterocycles. The Labute approximate surface area is 95.6 Å². The highest BCUT2D eigenvalue weighted by Gasteiger charge is 2.09. The molecule has 0 fully saturated rings.